The monoisotopic (exact) mass is 860 g/mol. The van der Waals surface area contributed by atoms with Crippen molar-refractivity contribution in [3.63, 3.8) is 0 Å². The molecule has 0 aliphatic rings. The van der Waals surface area contributed by atoms with Crippen LogP contribution in [-0.2, 0) is 0 Å². The SMILES string of the molecule is c1ccc(-c2ccc(-c3ccc4c5c6c7ccccc7n7c8cc(-c9ccc(-c%10ccccc%10)cc9-c9ccccc9)ccc8c(c8c9ccccc9n(c4c3)c85)c67)c(-c3ccccc3)c2)cc1. The predicted octanol–water partition coefficient (Wildman–Crippen LogP) is 18.0. The van der Waals surface area contributed by atoms with E-state index < -0.39 is 0 Å². The zero-order chi connectivity index (χ0) is 44.5. The minimum Gasteiger partial charge on any atom is -0.308 e. The van der Waals surface area contributed by atoms with Crippen LogP contribution in [0.5, 0.6) is 0 Å². The third-order valence-electron chi connectivity index (χ3n) is 14.8. The Morgan fingerprint density at radius 3 is 0.912 bits per heavy atom. The van der Waals surface area contributed by atoms with Crippen molar-refractivity contribution >= 4 is 76.2 Å². The second-order valence-electron chi connectivity index (χ2n) is 18.4. The highest BCUT2D eigenvalue weighted by Gasteiger charge is 2.29. The van der Waals surface area contributed by atoms with E-state index in [1.165, 1.54) is 143 Å². The summed E-state index contributed by atoms with van der Waals surface area (Å²) in [6.07, 6.45) is 0. The van der Waals surface area contributed by atoms with Crippen LogP contribution in [0.3, 0.4) is 0 Å². The van der Waals surface area contributed by atoms with Gasteiger partial charge in [0.25, 0.3) is 0 Å². The Hall–Kier alpha value is -8.98. The van der Waals surface area contributed by atoms with Crippen molar-refractivity contribution < 1.29 is 0 Å². The van der Waals surface area contributed by atoms with Crippen LogP contribution in [-0.4, -0.2) is 8.80 Å². The van der Waals surface area contributed by atoms with E-state index in [0.29, 0.717) is 0 Å². The quantitative estimate of drug-likeness (QED) is 0.157. The molecule has 15 rings (SSSR count). The molecule has 0 amide bonds. The second kappa shape index (κ2) is 14.3. The molecule has 0 atom stereocenters. The van der Waals surface area contributed by atoms with E-state index in [2.05, 4.69) is 251 Å². The molecule has 0 bridgehead atoms. The fourth-order valence-electron chi connectivity index (χ4n) is 11.8. The Bertz CT molecular complexity index is 4160. The Morgan fingerprint density at radius 2 is 0.515 bits per heavy atom. The number of nitrogens with zero attached hydrogens (tertiary/aromatic N) is 2. The summed E-state index contributed by atoms with van der Waals surface area (Å²) in [5, 5.41) is 10.4. The van der Waals surface area contributed by atoms with Crippen LogP contribution in [0.1, 0.15) is 0 Å². The van der Waals surface area contributed by atoms with Gasteiger partial charge in [-0.2, -0.15) is 0 Å². The number of rotatable bonds is 6. The Morgan fingerprint density at radius 1 is 0.191 bits per heavy atom. The summed E-state index contributed by atoms with van der Waals surface area (Å²) in [6.45, 7) is 0. The molecule has 15 aromatic rings. The first kappa shape index (κ1) is 37.3. The van der Waals surface area contributed by atoms with Gasteiger partial charge in [0.15, 0.2) is 0 Å². The second-order valence-corrected chi connectivity index (χ2v) is 18.4. The number of hydrogen-bond acceptors (Lipinski definition) is 0. The standard InChI is InChI=1S/C66H40N2/c1-5-17-41(18-6-1)45-29-33-49(55(37-45)43-21-9-3-10-22-43)47-31-35-53-59(39-47)67-57-27-15-13-25-51(57)62-64-54-36-32-48(40-60(54)68-58-28-16-14-26-52(58)61(66(64)68)63(53)65(62)67)50-34-30-46(42-19-7-2-8-20-42)38-56(50)44-23-11-4-12-24-44/h1-40H. The molecule has 0 aliphatic carbocycles. The van der Waals surface area contributed by atoms with Crippen LogP contribution >= 0.6 is 0 Å². The highest BCUT2D eigenvalue weighted by Crippen LogP contribution is 2.53. The molecule has 0 saturated carbocycles. The normalized spacial score (nSPS) is 12.1. The fraction of sp³-hybridized carbons (Fsp3) is 0. The van der Waals surface area contributed by atoms with Crippen molar-refractivity contribution in [1.29, 1.82) is 0 Å². The lowest BCUT2D eigenvalue weighted by atomic mass is 9.90. The van der Waals surface area contributed by atoms with Gasteiger partial charge in [-0.05, 0) is 103 Å². The number of hydrogen-bond donors (Lipinski definition) is 0. The Balaban J connectivity index is 1.02. The van der Waals surface area contributed by atoms with E-state index in [9.17, 15) is 0 Å². The molecule has 2 heteroatoms. The molecule has 68 heavy (non-hydrogen) atoms. The van der Waals surface area contributed by atoms with Crippen LogP contribution in [0.4, 0.5) is 0 Å². The summed E-state index contributed by atoms with van der Waals surface area (Å²) in [5.74, 6) is 0. The van der Waals surface area contributed by atoms with E-state index in [-0.39, 0.29) is 0 Å². The third kappa shape index (κ3) is 5.23. The molecule has 0 N–H and O–H groups in total. The summed E-state index contributed by atoms with van der Waals surface area (Å²) < 4.78 is 5.16. The van der Waals surface area contributed by atoms with Crippen molar-refractivity contribution in [2.24, 2.45) is 0 Å². The molecule has 4 aromatic heterocycles. The topological polar surface area (TPSA) is 8.82 Å². The molecular weight excluding hydrogens is 821 g/mol. The van der Waals surface area contributed by atoms with Gasteiger partial charge in [0.2, 0.25) is 0 Å². The minimum absolute atomic E-state index is 1.21. The van der Waals surface area contributed by atoms with Crippen molar-refractivity contribution in [3.05, 3.63) is 243 Å². The molecular formula is C66H40N2. The van der Waals surface area contributed by atoms with E-state index in [0.717, 1.165) is 0 Å². The highest BCUT2D eigenvalue weighted by atomic mass is 14.9. The zero-order valence-corrected chi connectivity index (χ0v) is 37.0. The van der Waals surface area contributed by atoms with E-state index >= 15 is 0 Å². The maximum Gasteiger partial charge on any atom is 0.0634 e. The maximum absolute atomic E-state index is 2.58. The number of benzene rings is 11. The molecule has 314 valence electrons. The molecule has 0 fully saturated rings. The molecule has 11 aromatic carbocycles. The molecule has 0 saturated heterocycles. The maximum atomic E-state index is 2.58. The lowest BCUT2D eigenvalue weighted by Gasteiger charge is -2.14. The van der Waals surface area contributed by atoms with Crippen molar-refractivity contribution in [2.75, 3.05) is 0 Å². The number of fused-ring (bicyclic) bond motifs is 14. The first-order valence-electron chi connectivity index (χ1n) is 23.6. The van der Waals surface area contributed by atoms with Gasteiger partial charge in [-0.3, -0.25) is 0 Å². The number of para-hydroxylation sites is 2. The summed E-state index contributed by atoms with van der Waals surface area (Å²) >= 11 is 0. The summed E-state index contributed by atoms with van der Waals surface area (Å²) in [5.41, 5.74) is 22.1. The minimum atomic E-state index is 1.21. The van der Waals surface area contributed by atoms with Gasteiger partial charge < -0.3 is 8.80 Å². The van der Waals surface area contributed by atoms with E-state index in [1.54, 1.807) is 0 Å². The van der Waals surface area contributed by atoms with Gasteiger partial charge in [0.1, 0.15) is 0 Å². The van der Waals surface area contributed by atoms with Crippen molar-refractivity contribution in [1.82, 2.24) is 8.80 Å². The molecule has 2 nitrogen and oxygen atoms in total. The molecule has 0 spiro atoms. The zero-order valence-electron chi connectivity index (χ0n) is 37.0. The molecule has 0 aliphatic heterocycles. The predicted molar refractivity (Wildman–Crippen MR) is 288 cm³/mol. The summed E-state index contributed by atoms with van der Waals surface area (Å²) in [7, 11) is 0. The van der Waals surface area contributed by atoms with Gasteiger partial charge in [-0.25, -0.2) is 0 Å². The Kier molecular flexibility index (Phi) is 7.81. The van der Waals surface area contributed by atoms with Crippen LogP contribution in [0.25, 0.3) is 143 Å². The fourth-order valence-corrected chi connectivity index (χ4v) is 11.8. The Labute approximate surface area is 392 Å². The van der Waals surface area contributed by atoms with Crippen molar-refractivity contribution in [3.8, 4) is 66.8 Å². The lowest BCUT2D eigenvalue weighted by molar-refractivity contribution is 1.37. The van der Waals surface area contributed by atoms with Gasteiger partial charge in [-0.15, -0.1) is 0 Å². The number of aromatic nitrogens is 2. The van der Waals surface area contributed by atoms with E-state index in [4.69, 9.17) is 0 Å². The summed E-state index contributed by atoms with van der Waals surface area (Å²) in [4.78, 5) is 0. The van der Waals surface area contributed by atoms with Gasteiger partial charge in [0.05, 0.1) is 33.1 Å². The largest absolute Gasteiger partial charge is 0.308 e. The first-order valence-corrected chi connectivity index (χ1v) is 23.6. The molecule has 0 unspecified atom stereocenters. The van der Waals surface area contributed by atoms with Crippen LogP contribution in [0.15, 0.2) is 243 Å². The smallest absolute Gasteiger partial charge is 0.0634 e. The first-order chi connectivity index (χ1) is 33.8. The van der Waals surface area contributed by atoms with Crippen molar-refractivity contribution in [2.45, 2.75) is 0 Å². The van der Waals surface area contributed by atoms with Gasteiger partial charge >= 0.3 is 0 Å². The lowest BCUT2D eigenvalue weighted by Crippen LogP contribution is -1.88. The van der Waals surface area contributed by atoms with Gasteiger partial charge in [-0.1, -0.05) is 206 Å². The van der Waals surface area contributed by atoms with Crippen LogP contribution < -0.4 is 0 Å². The average molecular weight is 861 g/mol. The molecule has 4 heterocycles. The van der Waals surface area contributed by atoms with Crippen LogP contribution in [0, 0.1) is 0 Å². The van der Waals surface area contributed by atoms with E-state index in [1.807, 2.05) is 0 Å². The third-order valence-corrected chi connectivity index (χ3v) is 14.8. The molecule has 0 radical (unpaired) electrons. The van der Waals surface area contributed by atoms with Gasteiger partial charge in [0, 0.05) is 43.1 Å². The highest BCUT2D eigenvalue weighted by molar-refractivity contribution is 6.45. The average Bonchev–Trinajstić information content (AvgIpc) is 4.15. The summed E-state index contributed by atoms with van der Waals surface area (Å²) in [6, 6.07) is 89.6. The van der Waals surface area contributed by atoms with Crippen LogP contribution in [0.2, 0.25) is 0 Å².